The fourth-order valence-corrected chi connectivity index (χ4v) is 5.49. The monoisotopic (exact) mass is 535 g/mol. The molecule has 5 nitrogen and oxygen atoms in total. The van der Waals surface area contributed by atoms with Gasteiger partial charge in [0.05, 0.1) is 7.11 Å². The van der Waals surface area contributed by atoms with Crippen LogP contribution in [0.15, 0.2) is 103 Å². The number of methoxy groups -OCH3 is 1. The van der Waals surface area contributed by atoms with Gasteiger partial charge in [-0.2, -0.15) is 0 Å². The van der Waals surface area contributed by atoms with Gasteiger partial charge in [-0.15, -0.1) is 0 Å². The van der Waals surface area contributed by atoms with E-state index >= 15 is 0 Å². The van der Waals surface area contributed by atoms with Crippen LogP contribution in [0, 0.1) is 0 Å². The Labute approximate surface area is 238 Å². The molecular weight excluding hydrogens is 494 g/mol. The van der Waals surface area contributed by atoms with E-state index in [0.29, 0.717) is 12.1 Å². The van der Waals surface area contributed by atoms with Crippen molar-refractivity contribution in [3.63, 3.8) is 0 Å². The molecule has 40 heavy (non-hydrogen) atoms. The van der Waals surface area contributed by atoms with Gasteiger partial charge in [0.15, 0.2) is 0 Å². The first-order chi connectivity index (χ1) is 19.7. The maximum absolute atomic E-state index is 6.02. The molecule has 208 valence electrons. The van der Waals surface area contributed by atoms with E-state index in [4.69, 9.17) is 15.2 Å². The maximum atomic E-state index is 6.02. The van der Waals surface area contributed by atoms with Crippen molar-refractivity contribution in [1.29, 1.82) is 0 Å². The Balaban J connectivity index is 1.20. The molecule has 0 aliphatic carbocycles. The van der Waals surface area contributed by atoms with Crippen LogP contribution in [-0.4, -0.2) is 43.7 Å². The third kappa shape index (κ3) is 7.72. The van der Waals surface area contributed by atoms with E-state index in [-0.39, 0.29) is 0 Å². The predicted molar refractivity (Wildman–Crippen MR) is 164 cm³/mol. The lowest BCUT2D eigenvalue weighted by atomic mass is 9.97. The number of rotatable bonds is 12. The number of benzene rings is 4. The third-order valence-electron chi connectivity index (χ3n) is 7.75. The molecule has 1 heterocycles. The van der Waals surface area contributed by atoms with Crippen LogP contribution in [0.1, 0.15) is 30.4 Å². The van der Waals surface area contributed by atoms with Gasteiger partial charge >= 0.3 is 0 Å². The van der Waals surface area contributed by atoms with E-state index in [9.17, 15) is 0 Å². The Bertz CT molecular complexity index is 1290. The molecule has 5 rings (SSSR count). The number of nitrogens with zero attached hydrogens (tertiary/aromatic N) is 1. The molecule has 1 aliphatic rings. The van der Waals surface area contributed by atoms with Crippen molar-refractivity contribution >= 4 is 0 Å². The summed E-state index contributed by atoms with van der Waals surface area (Å²) >= 11 is 0. The van der Waals surface area contributed by atoms with Gasteiger partial charge in [-0.05, 0) is 84.5 Å². The van der Waals surface area contributed by atoms with E-state index in [2.05, 4.69) is 89.1 Å². The lowest BCUT2D eigenvalue weighted by molar-refractivity contribution is 0.113. The topological polar surface area (TPSA) is 59.8 Å². The predicted octanol–water partition coefficient (Wildman–Crippen LogP) is 6.67. The van der Waals surface area contributed by atoms with Gasteiger partial charge in [-0.3, -0.25) is 4.90 Å². The van der Waals surface area contributed by atoms with E-state index in [1.165, 1.54) is 35.1 Å². The number of unbranched alkanes of at least 4 members (excludes halogenated alkanes) is 1. The summed E-state index contributed by atoms with van der Waals surface area (Å²) in [5.41, 5.74) is 11.0. The minimum Gasteiger partial charge on any atom is -0.497 e. The van der Waals surface area contributed by atoms with Crippen LogP contribution in [-0.2, 0) is 13.0 Å². The van der Waals surface area contributed by atoms with Crippen molar-refractivity contribution in [2.45, 2.75) is 44.3 Å². The van der Waals surface area contributed by atoms with Crippen LogP contribution in [0.5, 0.6) is 17.2 Å². The number of piperazine rings is 1. The lowest BCUT2D eigenvalue weighted by Crippen LogP contribution is -2.56. The normalized spacial score (nSPS) is 17.4. The Morgan fingerprint density at radius 2 is 1.38 bits per heavy atom. The highest BCUT2D eigenvalue weighted by Crippen LogP contribution is 2.26. The Hall–Kier alpha value is -3.64. The summed E-state index contributed by atoms with van der Waals surface area (Å²) < 4.78 is 11.2. The van der Waals surface area contributed by atoms with E-state index in [0.717, 1.165) is 56.3 Å². The van der Waals surface area contributed by atoms with Gasteiger partial charge in [0, 0.05) is 31.7 Å². The van der Waals surface area contributed by atoms with Crippen molar-refractivity contribution in [3.8, 4) is 28.4 Å². The quantitative estimate of drug-likeness (QED) is 0.199. The number of nitrogens with two attached hydrogens (primary N) is 1. The van der Waals surface area contributed by atoms with Gasteiger partial charge in [0.25, 0.3) is 0 Å². The molecule has 0 spiro atoms. The number of nitrogens with one attached hydrogen (secondary N) is 1. The average Bonchev–Trinajstić information content (AvgIpc) is 3.00. The molecule has 1 aliphatic heterocycles. The summed E-state index contributed by atoms with van der Waals surface area (Å²) in [5, 5.41) is 3.84. The lowest BCUT2D eigenvalue weighted by Gasteiger charge is -2.41. The molecule has 3 N–H and O–H groups in total. The second-order valence-corrected chi connectivity index (χ2v) is 10.7. The molecule has 0 radical (unpaired) electrons. The number of ether oxygens (including phenoxy) is 2. The van der Waals surface area contributed by atoms with Crippen LogP contribution < -0.4 is 20.5 Å². The molecular formula is C35H41N3O2. The first-order valence-corrected chi connectivity index (χ1v) is 14.4. The molecule has 4 aromatic rings. The van der Waals surface area contributed by atoms with Crippen molar-refractivity contribution in [2.24, 2.45) is 5.73 Å². The number of hydrogen-bond donors (Lipinski definition) is 2. The van der Waals surface area contributed by atoms with Crippen LogP contribution >= 0.6 is 0 Å². The molecule has 5 heteroatoms. The second-order valence-electron chi connectivity index (χ2n) is 10.7. The zero-order valence-electron chi connectivity index (χ0n) is 23.5. The second kappa shape index (κ2) is 14.1. The zero-order chi connectivity index (χ0) is 27.6. The van der Waals surface area contributed by atoms with Gasteiger partial charge < -0.3 is 20.5 Å². The zero-order valence-corrected chi connectivity index (χ0v) is 23.5. The highest BCUT2D eigenvalue weighted by molar-refractivity contribution is 5.63. The summed E-state index contributed by atoms with van der Waals surface area (Å²) in [7, 11) is 1.67. The summed E-state index contributed by atoms with van der Waals surface area (Å²) in [6, 6.07) is 36.7. The SMILES string of the molecule is COc1ccc(Oc2ccc(CC3CN(Cc4ccc(-c5ccccc5)cc4)C(CCCCN)CN3)cc2)cc1. The fraction of sp³-hybridized carbons (Fsp3) is 0.314. The van der Waals surface area contributed by atoms with Crippen LogP contribution in [0.3, 0.4) is 0 Å². The Morgan fingerprint density at radius 3 is 2.05 bits per heavy atom. The van der Waals surface area contributed by atoms with E-state index in [1.807, 2.05) is 24.3 Å². The standard InChI is InChI=1S/C35H41N3O2/c1-39-33-18-20-35(21-19-33)40-34-16-12-27(13-17-34)23-31-26-38(32(24-37-31)9-5-6-22-36)25-28-10-14-30(15-11-28)29-7-3-2-4-8-29/h2-4,7-8,10-21,31-32,37H,5-6,9,22-26,36H2,1H3. The first kappa shape index (κ1) is 27.9. The molecule has 4 aromatic carbocycles. The largest absolute Gasteiger partial charge is 0.497 e. The van der Waals surface area contributed by atoms with E-state index in [1.54, 1.807) is 7.11 Å². The molecule has 2 atom stereocenters. The molecule has 1 saturated heterocycles. The Kier molecular flexibility index (Phi) is 9.86. The number of hydrogen-bond acceptors (Lipinski definition) is 5. The third-order valence-corrected chi connectivity index (χ3v) is 7.75. The minimum atomic E-state index is 0.405. The molecule has 2 unspecified atom stereocenters. The van der Waals surface area contributed by atoms with Gasteiger partial charge in [0.1, 0.15) is 17.2 Å². The smallest absolute Gasteiger partial charge is 0.127 e. The first-order valence-electron chi connectivity index (χ1n) is 14.4. The summed E-state index contributed by atoms with van der Waals surface area (Å²) in [4.78, 5) is 2.68. The van der Waals surface area contributed by atoms with Crippen molar-refractivity contribution in [1.82, 2.24) is 10.2 Å². The summed E-state index contributed by atoms with van der Waals surface area (Å²) in [5.74, 6) is 2.46. The highest BCUT2D eigenvalue weighted by atomic mass is 16.5. The average molecular weight is 536 g/mol. The van der Waals surface area contributed by atoms with Crippen molar-refractivity contribution < 1.29 is 9.47 Å². The molecule has 0 aromatic heterocycles. The maximum Gasteiger partial charge on any atom is 0.127 e. The highest BCUT2D eigenvalue weighted by Gasteiger charge is 2.27. The van der Waals surface area contributed by atoms with E-state index < -0.39 is 0 Å². The molecule has 0 saturated carbocycles. The molecule has 1 fully saturated rings. The Morgan fingerprint density at radius 1 is 0.750 bits per heavy atom. The fourth-order valence-electron chi connectivity index (χ4n) is 5.49. The van der Waals surface area contributed by atoms with Gasteiger partial charge in [-0.25, -0.2) is 0 Å². The van der Waals surface area contributed by atoms with Crippen LogP contribution in [0.25, 0.3) is 11.1 Å². The van der Waals surface area contributed by atoms with Gasteiger partial charge in [0.2, 0.25) is 0 Å². The van der Waals surface area contributed by atoms with Crippen LogP contribution in [0.4, 0.5) is 0 Å². The van der Waals surface area contributed by atoms with Crippen molar-refractivity contribution in [2.75, 3.05) is 26.7 Å². The van der Waals surface area contributed by atoms with Gasteiger partial charge in [-0.1, -0.05) is 73.2 Å². The summed E-state index contributed by atoms with van der Waals surface area (Å²) in [6.45, 7) is 3.77. The summed E-state index contributed by atoms with van der Waals surface area (Å²) in [6.07, 6.45) is 4.43. The minimum absolute atomic E-state index is 0.405. The van der Waals surface area contributed by atoms with Crippen LogP contribution in [0.2, 0.25) is 0 Å². The molecule has 0 amide bonds. The van der Waals surface area contributed by atoms with Crippen molar-refractivity contribution in [3.05, 3.63) is 114 Å². The molecule has 0 bridgehead atoms.